The maximum atomic E-state index is 13.8. The van der Waals surface area contributed by atoms with Crippen LogP contribution in [0.2, 0.25) is 0 Å². The molecule has 0 unspecified atom stereocenters. The van der Waals surface area contributed by atoms with Gasteiger partial charge in [-0.15, -0.1) is 11.3 Å². The van der Waals surface area contributed by atoms with Gasteiger partial charge in [0.25, 0.3) is 0 Å². The fourth-order valence-corrected chi connectivity index (χ4v) is 4.78. The molecule has 1 aromatic heterocycles. The van der Waals surface area contributed by atoms with Crippen LogP contribution in [0.3, 0.4) is 0 Å². The molecule has 0 saturated heterocycles. The molecule has 1 fully saturated rings. The van der Waals surface area contributed by atoms with Crippen LogP contribution >= 0.6 is 11.3 Å². The van der Waals surface area contributed by atoms with E-state index in [1.54, 1.807) is 36.4 Å². The van der Waals surface area contributed by atoms with Crippen LogP contribution in [-0.4, -0.2) is 18.7 Å². The van der Waals surface area contributed by atoms with Crippen molar-refractivity contribution < 1.29 is 14.0 Å². The highest BCUT2D eigenvalue weighted by Gasteiger charge is 2.35. The van der Waals surface area contributed by atoms with Gasteiger partial charge in [-0.05, 0) is 61.2 Å². The number of nitriles is 2. The Balaban J connectivity index is 1.76. The standard InChI is InChI=1S/C26H21FN4O2S/c27-22-9-7-19(11-18(22)12-28)31-26(33)24(21-4-2-1-3-17(21)15-32)25(30-14-16-5-6-16)23-10-8-20(13-29)34-23/h1-4,7-11,15-16,24-25,30H,5-6,14H2,(H,31,33)/t24-,25+/m1/s1. The van der Waals surface area contributed by atoms with Gasteiger partial charge in [-0.25, -0.2) is 4.39 Å². The predicted molar refractivity (Wildman–Crippen MR) is 127 cm³/mol. The third-order valence-corrected chi connectivity index (χ3v) is 6.87. The summed E-state index contributed by atoms with van der Waals surface area (Å²) in [5, 5.41) is 24.8. The van der Waals surface area contributed by atoms with Crippen molar-refractivity contribution in [2.75, 3.05) is 11.9 Å². The van der Waals surface area contributed by atoms with E-state index >= 15 is 0 Å². The summed E-state index contributed by atoms with van der Waals surface area (Å²) in [4.78, 5) is 26.9. The molecule has 3 aromatic rings. The first-order chi connectivity index (χ1) is 16.5. The van der Waals surface area contributed by atoms with E-state index < -0.39 is 23.7 Å². The van der Waals surface area contributed by atoms with Gasteiger partial charge in [-0.1, -0.05) is 24.3 Å². The third-order valence-electron chi connectivity index (χ3n) is 5.80. The van der Waals surface area contributed by atoms with E-state index in [1.807, 2.05) is 6.07 Å². The second-order valence-electron chi connectivity index (χ2n) is 8.16. The summed E-state index contributed by atoms with van der Waals surface area (Å²) in [5.41, 5.74) is 1.02. The third kappa shape index (κ3) is 5.20. The van der Waals surface area contributed by atoms with E-state index in [4.69, 9.17) is 5.26 Å². The number of hydrogen-bond acceptors (Lipinski definition) is 6. The van der Waals surface area contributed by atoms with Crippen LogP contribution in [0.5, 0.6) is 0 Å². The lowest BCUT2D eigenvalue weighted by molar-refractivity contribution is -0.118. The number of halogens is 1. The molecular weight excluding hydrogens is 451 g/mol. The Bertz CT molecular complexity index is 1300. The number of nitrogens with zero attached hydrogens (tertiary/aromatic N) is 2. The van der Waals surface area contributed by atoms with Crippen LogP contribution < -0.4 is 10.6 Å². The largest absolute Gasteiger partial charge is 0.325 e. The number of rotatable bonds is 9. The summed E-state index contributed by atoms with van der Waals surface area (Å²) in [7, 11) is 0. The molecule has 0 aliphatic heterocycles. The highest BCUT2D eigenvalue weighted by Crippen LogP contribution is 2.38. The lowest BCUT2D eigenvalue weighted by Gasteiger charge is -2.28. The van der Waals surface area contributed by atoms with E-state index in [1.165, 1.54) is 23.5 Å². The summed E-state index contributed by atoms with van der Waals surface area (Å²) in [5.74, 6) is -1.38. The van der Waals surface area contributed by atoms with E-state index in [0.717, 1.165) is 23.8 Å². The molecule has 2 atom stereocenters. The SMILES string of the molecule is N#Cc1ccc([C@H](NCC2CC2)[C@H](C(=O)Nc2ccc(F)c(C#N)c2)c2ccccc2C=O)s1. The fraction of sp³-hybridized carbons (Fsp3) is 0.231. The Hall–Kier alpha value is -3.85. The van der Waals surface area contributed by atoms with Crippen molar-refractivity contribution in [1.29, 1.82) is 10.5 Å². The summed E-state index contributed by atoms with van der Waals surface area (Å²) < 4.78 is 13.8. The molecule has 1 saturated carbocycles. The van der Waals surface area contributed by atoms with Gasteiger partial charge in [-0.3, -0.25) is 9.59 Å². The second-order valence-corrected chi connectivity index (χ2v) is 9.28. The number of amides is 1. The number of carbonyl (C=O) groups excluding carboxylic acids is 2. The first-order valence-corrected chi connectivity index (χ1v) is 11.6. The summed E-state index contributed by atoms with van der Waals surface area (Å²) >= 11 is 1.30. The molecule has 34 heavy (non-hydrogen) atoms. The van der Waals surface area contributed by atoms with E-state index in [-0.39, 0.29) is 11.3 Å². The molecular formula is C26H21FN4O2S. The quantitative estimate of drug-likeness (QED) is 0.431. The molecule has 2 aromatic carbocycles. The molecule has 6 nitrogen and oxygen atoms in total. The maximum absolute atomic E-state index is 13.8. The second kappa shape index (κ2) is 10.4. The number of hydrogen-bond donors (Lipinski definition) is 2. The Morgan fingerprint density at radius 1 is 1.15 bits per heavy atom. The lowest BCUT2D eigenvalue weighted by atomic mass is 9.86. The molecule has 0 spiro atoms. The van der Waals surface area contributed by atoms with E-state index in [9.17, 15) is 19.2 Å². The molecule has 1 aliphatic rings. The fourth-order valence-electron chi connectivity index (χ4n) is 3.86. The van der Waals surface area contributed by atoms with E-state index in [2.05, 4.69) is 16.7 Å². The Kier molecular flexibility index (Phi) is 7.12. The maximum Gasteiger partial charge on any atom is 0.233 e. The van der Waals surface area contributed by atoms with Gasteiger partial charge < -0.3 is 10.6 Å². The molecule has 1 amide bonds. The summed E-state index contributed by atoms with van der Waals surface area (Å²) in [6.45, 7) is 0.701. The zero-order chi connectivity index (χ0) is 24.1. The minimum absolute atomic E-state index is 0.178. The molecule has 1 heterocycles. The van der Waals surface area contributed by atoms with Gasteiger partial charge in [0.15, 0.2) is 0 Å². The van der Waals surface area contributed by atoms with Crippen molar-refractivity contribution in [2.45, 2.75) is 24.8 Å². The number of benzene rings is 2. The van der Waals surface area contributed by atoms with Crippen LogP contribution in [0.4, 0.5) is 10.1 Å². The number of aldehydes is 1. The molecule has 170 valence electrons. The molecule has 2 N–H and O–H groups in total. The zero-order valence-electron chi connectivity index (χ0n) is 18.1. The molecule has 4 rings (SSSR count). The van der Waals surface area contributed by atoms with Gasteiger partial charge in [0, 0.05) is 16.1 Å². The predicted octanol–water partition coefficient (Wildman–Crippen LogP) is 4.91. The first kappa shape index (κ1) is 23.3. The minimum atomic E-state index is -0.819. The topological polar surface area (TPSA) is 106 Å². The van der Waals surface area contributed by atoms with Crippen LogP contribution in [-0.2, 0) is 4.79 Å². The Morgan fingerprint density at radius 2 is 1.94 bits per heavy atom. The number of thiophene rings is 1. The van der Waals surface area contributed by atoms with Crippen LogP contribution in [0.15, 0.2) is 54.6 Å². The summed E-state index contributed by atoms with van der Waals surface area (Å²) in [6, 6.07) is 17.6. The molecule has 8 heteroatoms. The van der Waals surface area contributed by atoms with E-state index in [0.29, 0.717) is 34.8 Å². The van der Waals surface area contributed by atoms with Gasteiger partial charge in [-0.2, -0.15) is 10.5 Å². The van der Waals surface area contributed by atoms with Crippen molar-refractivity contribution >= 4 is 29.2 Å². The zero-order valence-corrected chi connectivity index (χ0v) is 18.9. The lowest BCUT2D eigenvalue weighted by Crippen LogP contribution is -2.35. The van der Waals surface area contributed by atoms with Gasteiger partial charge in [0.2, 0.25) is 5.91 Å². The Labute approximate surface area is 200 Å². The molecule has 0 radical (unpaired) electrons. The smallest absolute Gasteiger partial charge is 0.233 e. The highest BCUT2D eigenvalue weighted by atomic mass is 32.1. The average molecular weight is 473 g/mol. The Morgan fingerprint density at radius 3 is 2.62 bits per heavy atom. The van der Waals surface area contributed by atoms with Crippen LogP contribution in [0.25, 0.3) is 0 Å². The first-order valence-electron chi connectivity index (χ1n) is 10.8. The minimum Gasteiger partial charge on any atom is -0.325 e. The van der Waals surface area contributed by atoms with Crippen LogP contribution in [0, 0.1) is 34.4 Å². The van der Waals surface area contributed by atoms with Crippen LogP contribution in [0.1, 0.15) is 56.0 Å². The van der Waals surface area contributed by atoms with Crippen molar-refractivity contribution in [2.24, 2.45) is 5.92 Å². The van der Waals surface area contributed by atoms with Crippen molar-refractivity contribution in [3.8, 4) is 12.1 Å². The molecule has 1 aliphatic carbocycles. The number of anilines is 1. The van der Waals surface area contributed by atoms with Gasteiger partial charge in [0.1, 0.15) is 29.1 Å². The number of nitrogens with one attached hydrogen (secondary N) is 2. The van der Waals surface area contributed by atoms with Gasteiger partial charge >= 0.3 is 0 Å². The van der Waals surface area contributed by atoms with Gasteiger partial charge in [0.05, 0.1) is 17.5 Å². The van der Waals surface area contributed by atoms with Crippen molar-refractivity contribution in [3.05, 3.63) is 86.9 Å². The van der Waals surface area contributed by atoms with Crippen molar-refractivity contribution in [1.82, 2.24) is 5.32 Å². The monoisotopic (exact) mass is 472 g/mol. The normalized spacial score (nSPS) is 14.4. The number of carbonyl (C=O) groups is 2. The van der Waals surface area contributed by atoms with Crippen molar-refractivity contribution in [3.63, 3.8) is 0 Å². The highest BCUT2D eigenvalue weighted by molar-refractivity contribution is 7.12. The summed E-state index contributed by atoms with van der Waals surface area (Å²) in [6.07, 6.45) is 2.94. The average Bonchev–Trinajstić information content (AvgIpc) is 3.57. The molecule has 0 bridgehead atoms.